The van der Waals surface area contributed by atoms with Gasteiger partial charge in [-0.2, -0.15) is 0 Å². The highest BCUT2D eigenvalue weighted by molar-refractivity contribution is 7.22. The zero-order chi connectivity index (χ0) is 22.9. The Kier molecular flexibility index (Phi) is 6.17. The van der Waals surface area contributed by atoms with Crippen LogP contribution in [0.15, 0.2) is 42.5 Å². The van der Waals surface area contributed by atoms with Gasteiger partial charge in [-0.05, 0) is 68.6 Å². The van der Waals surface area contributed by atoms with Crippen LogP contribution >= 0.6 is 11.3 Å². The number of fused-ring (bicyclic) bond motifs is 1. The van der Waals surface area contributed by atoms with Gasteiger partial charge in [0.15, 0.2) is 5.13 Å². The lowest BCUT2D eigenvalue weighted by atomic mass is 9.99. The monoisotopic (exact) mass is 462 g/mol. The molecule has 2 saturated heterocycles. The zero-order valence-electron chi connectivity index (χ0n) is 19.2. The van der Waals surface area contributed by atoms with E-state index in [4.69, 9.17) is 0 Å². The number of likely N-dealkylation sites (tertiary alicyclic amines) is 1. The first-order valence-electron chi connectivity index (χ1n) is 11.7. The molecule has 2 amide bonds. The predicted molar refractivity (Wildman–Crippen MR) is 134 cm³/mol. The molecule has 0 bridgehead atoms. The second-order valence-electron chi connectivity index (χ2n) is 9.51. The highest BCUT2D eigenvalue weighted by Gasteiger charge is 2.35. The highest BCUT2D eigenvalue weighted by Crippen LogP contribution is 2.30. The average molecular weight is 463 g/mol. The Hall–Kier alpha value is -2.77. The van der Waals surface area contributed by atoms with Gasteiger partial charge in [0.2, 0.25) is 11.8 Å². The van der Waals surface area contributed by atoms with E-state index in [2.05, 4.69) is 34.3 Å². The number of carbonyl (C=O) groups excluding carboxylic acids is 2. The number of carbonyl (C=O) groups is 2. The normalized spacial score (nSPS) is 20.0. The molecular formula is C26H30N4O2S. The van der Waals surface area contributed by atoms with Crippen LogP contribution < -0.4 is 10.2 Å². The summed E-state index contributed by atoms with van der Waals surface area (Å²) in [5, 5.41) is 3.56. The Morgan fingerprint density at radius 1 is 1.15 bits per heavy atom. The van der Waals surface area contributed by atoms with Gasteiger partial charge in [-0.15, -0.1) is 0 Å². The minimum atomic E-state index is -0.372. The van der Waals surface area contributed by atoms with Crippen LogP contribution in [0.3, 0.4) is 0 Å². The standard InChI is InChI=1S/C26H30N4O2S/c1-17-3-6-21(7-4-17)30-16-20(14-24(30)31)25(32)28-26-27-22-8-5-19(13-23(22)33-26)15-29-11-9-18(2)10-12-29/h3-8,13,18,20H,9-12,14-16H2,1-2H3,(H,27,28,32). The number of hydrogen-bond acceptors (Lipinski definition) is 5. The number of thiazole rings is 1. The molecule has 1 unspecified atom stereocenters. The number of aryl methyl sites for hydroxylation is 1. The van der Waals surface area contributed by atoms with Gasteiger partial charge in [-0.1, -0.05) is 42.0 Å². The number of aromatic nitrogens is 1. The summed E-state index contributed by atoms with van der Waals surface area (Å²) in [4.78, 5) is 34.2. The molecule has 1 atom stereocenters. The lowest BCUT2D eigenvalue weighted by Crippen LogP contribution is -2.32. The maximum atomic E-state index is 12.9. The maximum absolute atomic E-state index is 12.9. The molecule has 6 nitrogen and oxygen atoms in total. The fourth-order valence-electron chi connectivity index (χ4n) is 4.66. The lowest BCUT2D eigenvalue weighted by Gasteiger charge is -2.30. The van der Waals surface area contributed by atoms with Crippen LogP contribution in [0.1, 0.15) is 37.3 Å². The van der Waals surface area contributed by atoms with Crippen LogP contribution in [-0.4, -0.2) is 41.3 Å². The van der Waals surface area contributed by atoms with E-state index in [1.807, 2.05) is 37.3 Å². The van der Waals surface area contributed by atoms with E-state index in [9.17, 15) is 9.59 Å². The van der Waals surface area contributed by atoms with E-state index < -0.39 is 0 Å². The molecule has 5 rings (SSSR count). The van der Waals surface area contributed by atoms with Crippen LogP contribution in [0.2, 0.25) is 0 Å². The second kappa shape index (κ2) is 9.23. The third-order valence-electron chi connectivity index (χ3n) is 6.81. The molecular weight excluding hydrogens is 432 g/mol. The number of rotatable bonds is 5. The van der Waals surface area contributed by atoms with Crippen LogP contribution in [0.5, 0.6) is 0 Å². The Balaban J connectivity index is 1.23. The lowest BCUT2D eigenvalue weighted by molar-refractivity contribution is -0.122. The molecule has 33 heavy (non-hydrogen) atoms. The van der Waals surface area contributed by atoms with Crippen LogP contribution in [0.25, 0.3) is 10.2 Å². The number of anilines is 2. The van der Waals surface area contributed by atoms with Crippen molar-refractivity contribution in [2.24, 2.45) is 11.8 Å². The van der Waals surface area contributed by atoms with Gasteiger partial charge in [0.1, 0.15) is 0 Å². The van der Waals surface area contributed by atoms with Gasteiger partial charge in [0.05, 0.1) is 16.1 Å². The number of amides is 2. The van der Waals surface area contributed by atoms with Crippen LogP contribution in [0, 0.1) is 18.8 Å². The van der Waals surface area contributed by atoms with Gasteiger partial charge in [0.25, 0.3) is 0 Å². The van der Waals surface area contributed by atoms with Gasteiger partial charge in [-0.25, -0.2) is 4.98 Å². The van der Waals surface area contributed by atoms with E-state index in [0.29, 0.717) is 11.7 Å². The quantitative estimate of drug-likeness (QED) is 0.590. The van der Waals surface area contributed by atoms with E-state index in [0.717, 1.165) is 47.0 Å². The molecule has 0 spiro atoms. The summed E-state index contributed by atoms with van der Waals surface area (Å²) in [6, 6.07) is 14.2. The summed E-state index contributed by atoms with van der Waals surface area (Å²) >= 11 is 1.50. The average Bonchev–Trinajstić information content (AvgIpc) is 3.38. The molecule has 0 aliphatic carbocycles. The number of piperidine rings is 1. The largest absolute Gasteiger partial charge is 0.312 e. The molecule has 0 radical (unpaired) electrons. The Morgan fingerprint density at radius 2 is 1.91 bits per heavy atom. The first-order chi connectivity index (χ1) is 15.9. The summed E-state index contributed by atoms with van der Waals surface area (Å²) < 4.78 is 1.08. The summed E-state index contributed by atoms with van der Waals surface area (Å²) in [6.45, 7) is 8.02. The molecule has 1 N–H and O–H groups in total. The van der Waals surface area contributed by atoms with Gasteiger partial charge in [-0.3, -0.25) is 14.5 Å². The number of nitrogens with one attached hydrogen (secondary N) is 1. The van der Waals surface area contributed by atoms with Crippen molar-refractivity contribution in [2.75, 3.05) is 29.9 Å². The topological polar surface area (TPSA) is 65.5 Å². The fraction of sp³-hybridized carbons (Fsp3) is 0.423. The van der Waals surface area contributed by atoms with E-state index in [1.54, 1.807) is 4.90 Å². The molecule has 172 valence electrons. The molecule has 1 aromatic heterocycles. The van der Waals surface area contributed by atoms with Crippen molar-refractivity contribution < 1.29 is 9.59 Å². The predicted octanol–water partition coefficient (Wildman–Crippen LogP) is 4.83. The van der Waals surface area contributed by atoms with Crippen molar-refractivity contribution in [1.82, 2.24) is 9.88 Å². The summed E-state index contributed by atoms with van der Waals surface area (Å²) in [5.74, 6) is 0.304. The summed E-state index contributed by atoms with van der Waals surface area (Å²) in [6.07, 6.45) is 2.76. The molecule has 2 fully saturated rings. The molecule has 7 heteroatoms. The van der Waals surface area contributed by atoms with Crippen molar-refractivity contribution in [3.05, 3.63) is 53.6 Å². The molecule has 0 saturated carbocycles. The van der Waals surface area contributed by atoms with Crippen LogP contribution in [-0.2, 0) is 16.1 Å². The minimum absolute atomic E-state index is 0.0138. The molecule has 3 heterocycles. The Morgan fingerprint density at radius 3 is 2.67 bits per heavy atom. The number of nitrogens with zero attached hydrogens (tertiary/aromatic N) is 3. The van der Waals surface area contributed by atoms with E-state index in [1.165, 1.54) is 29.7 Å². The van der Waals surface area contributed by atoms with Gasteiger partial charge < -0.3 is 10.2 Å². The SMILES string of the molecule is Cc1ccc(N2CC(C(=O)Nc3nc4ccc(CN5CCC(C)CC5)cc4s3)CC2=O)cc1. The summed E-state index contributed by atoms with van der Waals surface area (Å²) in [7, 11) is 0. The van der Waals surface area contributed by atoms with Crippen LogP contribution in [0.4, 0.5) is 10.8 Å². The Labute approximate surface area is 198 Å². The number of benzene rings is 2. The van der Waals surface area contributed by atoms with E-state index >= 15 is 0 Å². The molecule has 3 aromatic rings. The Bertz CT molecular complexity index is 1160. The second-order valence-corrected chi connectivity index (χ2v) is 10.5. The third kappa shape index (κ3) is 4.94. The summed E-state index contributed by atoms with van der Waals surface area (Å²) in [5.41, 5.74) is 4.17. The smallest absolute Gasteiger partial charge is 0.231 e. The van der Waals surface area contributed by atoms with Crippen molar-refractivity contribution in [2.45, 2.75) is 39.7 Å². The van der Waals surface area contributed by atoms with Crippen molar-refractivity contribution in [3.8, 4) is 0 Å². The zero-order valence-corrected chi connectivity index (χ0v) is 20.0. The van der Waals surface area contributed by atoms with Crippen molar-refractivity contribution in [1.29, 1.82) is 0 Å². The van der Waals surface area contributed by atoms with Crippen molar-refractivity contribution >= 4 is 44.2 Å². The van der Waals surface area contributed by atoms with E-state index in [-0.39, 0.29) is 24.2 Å². The van der Waals surface area contributed by atoms with Gasteiger partial charge >= 0.3 is 0 Å². The molecule has 2 aromatic carbocycles. The minimum Gasteiger partial charge on any atom is -0.312 e. The first kappa shape index (κ1) is 22.0. The third-order valence-corrected chi connectivity index (χ3v) is 7.74. The van der Waals surface area contributed by atoms with Gasteiger partial charge in [0, 0.05) is 25.2 Å². The first-order valence-corrected chi connectivity index (χ1v) is 12.6. The highest BCUT2D eigenvalue weighted by atomic mass is 32.1. The molecule has 2 aliphatic rings. The maximum Gasteiger partial charge on any atom is 0.231 e. The fourth-order valence-corrected chi connectivity index (χ4v) is 5.60. The molecule has 2 aliphatic heterocycles. The van der Waals surface area contributed by atoms with Crippen molar-refractivity contribution in [3.63, 3.8) is 0 Å². The number of hydrogen-bond donors (Lipinski definition) is 1.